The van der Waals surface area contributed by atoms with Crippen molar-refractivity contribution >= 4 is 17.9 Å². The Hall–Kier alpha value is -4.19. The van der Waals surface area contributed by atoms with Crippen LogP contribution in [0.4, 0.5) is 0 Å². The molecule has 0 aromatic carbocycles. The molecule has 70 heavy (non-hydrogen) atoms. The third kappa shape index (κ3) is 54.7. The average Bonchev–Trinajstić information content (AvgIpc) is 3.36. The molecule has 0 radical (unpaired) electrons. The predicted molar refractivity (Wildman–Crippen MR) is 302 cm³/mol. The van der Waals surface area contributed by atoms with Gasteiger partial charge in [-0.05, 0) is 122 Å². The van der Waals surface area contributed by atoms with Gasteiger partial charge >= 0.3 is 17.9 Å². The van der Waals surface area contributed by atoms with Gasteiger partial charge in [0.25, 0.3) is 0 Å². The number of esters is 3. The molecular formula is C64H104O6. The van der Waals surface area contributed by atoms with Crippen molar-refractivity contribution in [1.29, 1.82) is 0 Å². The average molecular weight is 970 g/mol. The minimum atomic E-state index is -0.823. The van der Waals surface area contributed by atoms with Gasteiger partial charge in [0.15, 0.2) is 6.10 Å². The Morgan fingerprint density at radius 1 is 0.300 bits per heavy atom. The maximum atomic E-state index is 12.9. The Bertz CT molecular complexity index is 1490. The van der Waals surface area contributed by atoms with Crippen molar-refractivity contribution in [2.45, 2.75) is 252 Å². The minimum absolute atomic E-state index is 0.115. The van der Waals surface area contributed by atoms with Crippen molar-refractivity contribution in [3.8, 4) is 0 Å². The molecule has 0 rings (SSSR count). The highest BCUT2D eigenvalue weighted by molar-refractivity contribution is 5.71. The smallest absolute Gasteiger partial charge is 0.306 e. The quantitative estimate of drug-likeness (QED) is 0.0262. The molecule has 0 aromatic heterocycles. The highest BCUT2D eigenvalue weighted by atomic mass is 16.6. The summed E-state index contributed by atoms with van der Waals surface area (Å²) in [5.41, 5.74) is 0. The molecule has 0 saturated carbocycles. The molecule has 0 fully saturated rings. The van der Waals surface area contributed by atoms with E-state index in [2.05, 4.69) is 136 Å². The molecule has 6 heteroatoms. The molecule has 0 N–H and O–H groups in total. The molecule has 1 unspecified atom stereocenters. The molecule has 0 amide bonds. The summed E-state index contributed by atoms with van der Waals surface area (Å²) in [6, 6.07) is 0. The van der Waals surface area contributed by atoms with Crippen LogP contribution >= 0.6 is 0 Å². The van der Waals surface area contributed by atoms with Crippen molar-refractivity contribution in [2.75, 3.05) is 13.2 Å². The van der Waals surface area contributed by atoms with Crippen LogP contribution < -0.4 is 0 Å². The molecule has 0 bridgehead atoms. The van der Waals surface area contributed by atoms with E-state index in [0.29, 0.717) is 19.3 Å². The lowest BCUT2D eigenvalue weighted by atomic mass is 10.1. The Morgan fingerprint density at radius 2 is 0.586 bits per heavy atom. The number of carbonyl (C=O) groups is 3. The highest BCUT2D eigenvalue weighted by Crippen LogP contribution is 2.13. The Labute approximate surface area is 431 Å². The van der Waals surface area contributed by atoms with Gasteiger partial charge in [-0.25, -0.2) is 0 Å². The van der Waals surface area contributed by atoms with E-state index >= 15 is 0 Å². The van der Waals surface area contributed by atoms with Crippen LogP contribution in [0.15, 0.2) is 122 Å². The van der Waals surface area contributed by atoms with Crippen LogP contribution in [0.25, 0.3) is 0 Å². The number of unbranched alkanes of at least 4 members (excludes halogenated alkanes) is 19. The van der Waals surface area contributed by atoms with Gasteiger partial charge in [-0.1, -0.05) is 226 Å². The minimum Gasteiger partial charge on any atom is -0.462 e. The first-order valence-electron chi connectivity index (χ1n) is 28.5. The lowest BCUT2D eigenvalue weighted by Crippen LogP contribution is -2.30. The van der Waals surface area contributed by atoms with Crippen molar-refractivity contribution < 1.29 is 28.6 Å². The van der Waals surface area contributed by atoms with Gasteiger partial charge in [0.1, 0.15) is 13.2 Å². The highest BCUT2D eigenvalue weighted by Gasteiger charge is 2.19. The SMILES string of the molecule is CC/C=C\C/C=C\C/C=C\C/C=C\C/C=C\C/C=C\CCC(=O)OCC(COC(=O)CCCCCCC/C=C\C/C=C\CCCCC)OC(=O)CCCCCCCCC/C=C\C/C=C\CCCCCC. The van der Waals surface area contributed by atoms with Crippen LogP contribution in [-0.2, 0) is 28.6 Å². The van der Waals surface area contributed by atoms with Crippen LogP contribution in [-0.4, -0.2) is 37.2 Å². The van der Waals surface area contributed by atoms with E-state index in [1.165, 1.54) is 83.5 Å². The van der Waals surface area contributed by atoms with E-state index in [9.17, 15) is 14.4 Å². The van der Waals surface area contributed by atoms with Crippen molar-refractivity contribution in [2.24, 2.45) is 0 Å². The first kappa shape index (κ1) is 65.8. The predicted octanol–water partition coefficient (Wildman–Crippen LogP) is 19.3. The zero-order valence-corrected chi connectivity index (χ0v) is 45.2. The third-order valence-electron chi connectivity index (χ3n) is 11.7. The van der Waals surface area contributed by atoms with E-state index in [1.54, 1.807) is 0 Å². The van der Waals surface area contributed by atoms with E-state index in [4.69, 9.17) is 14.2 Å². The van der Waals surface area contributed by atoms with E-state index < -0.39 is 6.10 Å². The van der Waals surface area contributed by atoms with E-state index in [0.717, 1.165) is 116 Å². The fraction of sp³-hybridized carbons (Fsp3) is 0.641. The molecule has 0 heterocycles. The summed E-state index contributed by atoms with van der Waals surface area (Å²) in [5, 5.41) is 0. The first-order chi connectivity index (χ1) is 34.5. The van der Waals surface area contributed by atoms with Gasteiger partial charge in [-0.2, -0.15) is 0 Å². The van der Waals surface area contributed by atoms with Crippen molar-refractivity contribution in [3.05, 3.63) is 122 Å². The first-order valence-corrected chi connectivity index (χ1v) is 28.5. The van der Waals surface area contributed by atoms with Gasteiger partial charge in [0.05, 0.1) is 0 Å². The number of allylic oxidation sites excluding steroid dienone is 20. The van der Waals surface area contributed by atoms with Gasteiger partial charge in [0.2, 0.25) is 0 Å². The standard InChI is InChI=1S/C64H104O6/c1-4-7-10-13-16-19-22-25-28-30-32-34-36-39-42-45-48-51-54-57-63(66)69-60-61(59-68-62(65)56-53-50-47-44-41-38-35-27-24-21-18-15-12-9-6-3)70-64(67)58-55-52-49-46-43-40-37-33-31-29-26-23-20-17-14-11-8-5-2/h7,10,16,18-21,23,25,27-29,31-32,34-35,39,42,48,51,61H,4-6,8-9,11-15,17,22,24,26,30,33,36-38,40-41,43-47,49-50,52-60H2,1-3H3/b10-7-,19-16-,21-18-,23-20-,28-25-,31-29-,34-32-,35-27-,42-39-,51-48-. The van der Waals surface area contributed by atoms with Crippen molar-refractivity contribution in [1.82, 2.24) is 0 Å². The number of ether oxygens (including phenoxy) is 3. The summed E-state index contributed by atoms with van der Waals surface area (Å²) in [7, 11) is 0. The fourth-order valence-electron chi connectivity index (χ4n) is 7.41. The normalized spacial score (nSPS) is 13.0. The Balaban J connectivity index is 4.55. The number of carbonyl (C=O) groups excluding carboxylic acids is 3. The van der Waals surface area contributed by atoms with Gasteiger partial charge in [-0.15, -0.1) is 0 Å². The van der Waals surface area contributed by atoms with E-state index in [1.807, 2.05) is 6.08 Å². The molecule has 0 saturated heterocycles. The van der Waals surface area contributed by atoms with Gasteiger partial charge < -0.3 is 14.2 Å². The maximum Gasteiger partial charge on any atom is 0.306 e. The maximum absolute atomic E-state index is 12.9. The molecule has 0 aliphatic heterocycles. The largest absolute Gasteiger partial charge is 0.462 e. The number of hydrogen-bond donors (Lipinski definition) is 0. The Morgan fingerprint density at radius 3 is 0.986 bits per heavy atom. The van der Waals surface area contributed by atoms with Gasteiger partial charge in [-0.3, -0.25) is 14.4 Å². The summed E-state index contributed by atoms with van der Waals surface area (Å²) in [6.45, 7) is 6.40. The lowest BCUT2D eigenvalue weighted by molar-refractivity contribution is -0.166. The summed E-state index contributed by atoms with van der Waals surface area (Å²) in [6.07, 6.45) is 79.1. The van der Waals surface area contributed by atoms with Crippen molar-refractivity contribution in [3.63, 3.8) is 0 Å². The summed E-state index contributed by atoms with van der Waals surface area (Å²) in [4.78, 5) is 38.1. The zero-order valence-electron chi connectivity index (χ0n) is 45.2. The second kappa shape index (κ2) is 57.4. The monoisotopic (exact) mass is 969 g/mol. The molecular weight excluding hydrogens is 865 g/mol. The topological polar surface area (TPSA) is 78.9 Å². The molecule has 0 aliphatic rings. The molecule has 1 atom stereocenters. The Kier molecular flexibility index (Phi) is 54.0. The lowest BCUT2D eigenvalue weighted by Gasteiger charge is -2.18. The van der Waals surface area contributed by atoms with Crippen LogP contribution in [0.3, 0.4) is 0 Å². The van der Waals surface area contributed by atoms with Crippen LogP contribution in [0.5, 0.6) is 0 Å². The van der Waals surface area contributed by atoms with Gasteiger partial charge in [0, 0.05) is 19.3 Å². The number of hydrogen-bond acceptors (Lipinski definition) is 6. The fourth-order valence-corrected chi connectivity index (χ4v) is 7.41. The van der Waals surface area contributed by atoms with E-state index in [-0.39, 0.29) is 37.5 Å². The summed E-state index contributed by atoms with van der Waals surface area (Å²) in [5.74, 6) is -1.02. The van der Waals surface area contributed by atoms with Crippen LogP contribution in [0.1, 0.15) is 245 Å². The van der Waals surface area contributed by atoms with Crippen LogP contribution in [0.2, 0.25) is 0 Å². The molecule has 396 valence electrons. The zero-order chi connectivity index (χ0) is 50.7. The molecule has 0 aliphatic carbocycles. The molecule has 0 aromatic rings. The summed E-state index contributed by atoms with van der Waals surface area (Å²) < 4.78 is 16.8. The number of rotatable bonds is 50. The second-order valence-electron chi connectivity index (χ2n) is 18.5. The van der Waals surface area contributed by atoms with Crippen LogP contribution in [0, 0.1) is 0 Å². The second-order valence-corrected chi connectivity index (χ2v) is 18.5. The molecule has 6 nitrogen and oxygen atoms in total. The molecule has 0 spiro atoms. The third-order valence-corrected chi connectivity index (χ3v) is 11.7. The summed E-state index contributed by atoms with van der Waals surface area (Å²) >= 11 is 0.